The number of nitrogens with zero attached hydrogens (tertiary/aromatic N) is 4. The molecule has 2 unspecified atom stereocenters. The first kappa shape index (κ1) is 23.9. The third-order valence-electron chi connectivity index (χ3n) is 6.27. The molecule has 0 bridgehead atoms. The van der Waals surface area contributed by atoms with Gasteiger partial charge >= 0.3 is 0 Å². The Morgan fingerprint density at radius 2 is 2.00 bits per heavy atom. The molecule has 1 saturated heterocycles. The van der Waals surface area contributed by atoms with E-state index in [4.69, 9.17) is 4.74 Å². The predicted octanol–water partition coefficient (Wildman–Crippen LogP) is 3.23. The number of ether oxygens (including phenoxy) is 1. The van der Waals surface area contributed by atoms with Gasteiger partial charge in [-0.3, -0.25) is 9.59 Å². The summed E-state index contributed by atoms with van der Waals surface area (Å²) in [6.07, 6.45) is 3.37. The first-order valence-electron chi connectivity index (χ1n) is 12.1. The molecule has 0 radical (unpaired) electrons. The molecule has 1 aliphatic heterocycles. The van der Waals surface area contributed by atoms with Crippen molar-refractivity contribution in [3.8, 4) is 0 Å². The fourth-order valence-corrected chi connectivity index (χ4v) is 4.35. The number of carbonyl (C=O) groups excluding carboxylic acids is 2. The third kappa shape index (κ3) is 5.80. The van der Waals surface area contributed by atoms with Crippen molar-refractivity contribution in [3.63, 3.8) is 0 Å². The molecule has 3 aromatic rings. The van der Waals surface area contributed by atoms with E-state index < -0.39 is 6.04 Å². The number of carbonyl (C=O) groups is 2. The Bertz CT molecular complexity index is 1110. The number of aromatic nitrogens is 3. The van der Waals surface area contributed by atoms with Gasteiger partial charge in [0.2, 0.25) is 11.8 Å². The lowest BCUT2D eigenvalue weighted by atomic mass is 10.1. The molecule has 4 rings (SSSR count). The van der Waals surface area contributed by atoms with Gasteiger partial charge in [0, 0.05) is 19.7 Å². The maximum Gasteiger partial charge on any atom is 0.245 e. The van der Waals surface area contributed by atoms with Gasteiger partial charge in [0.25, 0.3) is 0 Å². The average Bonchev–Trinajstić information content (AvgIpc) is 3.51. The van der Waals surface area contributed by atoms with E-state index in [2.05, 4.69) is 15.6 Å². The highest BCUT2D eigenvalue weighted by molar-refractivity contribution is 5.88. The van der Waals surface area contributed by atoms with Crippen LogP contribution in [0, 0.1) is 6.92 Å². The van der Waals surface area contributed by atoms with Crippen LogP contribution in [-0.2, 0) is 27.4 Å². The standard InChI is InChI=1S/C26H33N5O3/c1-3-7-24(26(33)27-16-21-8-6-15-34-21)30(17-20-13-11-19(2)12-14-20)25(32)18-31-23-10-5-4-9-22(23)28-29-31/h4-5,9-14,21,24H,3,6-8,15-18H2,1-2H3,(H,27,33). The van der Waals surface area contributed by atoms with Gasteiger partial charge in [0.1, 0.15) is 18.1 Å². The average molecular weight is 464 g/mol. The zero-order valence-electron chi connectivity index (χ0n) is 19.9. The van der Waals surface area contributed by atoms with Crippen molar-refractivity contribution in [2.45, 2.75) is 64.8 Å². The summed E-state index contributed by atoms with van der Waals surface area (Å²) in [7, 11) is 0. The van der Waals surface area contributed by atoms with Gasteiger partial charge < -0.3 is 15.0 Å². The molecule has 8 heteroatoms. The lowest BCUT2D eigenvalue weighted by molar-refractivity contribution is -0.142. The largest absolute Gasteiger partial charge is 0.376 e. The first-order valence-corrected chi connectivity index (χ1v) is 12.1. The topological polar surface area (TPSA) is 89.4 Å². The molecule has 0 aliphatic carbocycles. The van der Waals surface area contributed by atoms with Gasteiger partial charge in [0.15, 0.2) is 0 Å². The SMILES string of the molecule is CCCC(C(=O)NCC1CCCO1)N(Cc1ccc(C)cc1)C(=O)Cn1nnc2ccccc21. The van der Waals surface area contributed by atoms with Crippen LogP contribution in [0.15, 0.2) is 48.5 Å². The number of para-hydroxylation sites is 1. The summed E-state index contributed by atoms with van der Waals surface area (Å²) in [5.74, 6) is -0.303. The molecule has 2 heterocycles. The highest BCUT2D eigenvalue weighted by Gasteiger charge is 2.30. The number of rotatable bonds is 10. The second-order valence-electron chi connectivity index (χ2n) is 8.93. The van der Waals surface area contributed by atoms with Crippen molar-refractivity contribution >= 4 is 22.8 Å². The van der Waals surface area contributed by atoms with E-state index in [1.54, 1.807) is 9.58 Å². The zero-order chi connectivity index (χ0) is 23.9. The van der Waals surface area contributed by atoms with Crippen LogP contribution in [-0.4, -0.2) is 57.0 Å². The van der Waals surface area contributed by atoms with Crippen LogP contribution >= 0.6 is 0 Å². The summed E-state index contributed by atoms with van der Waals surface area (Å²) in [6.45, 7) is 5.64. The Morgan fingerprint density at radius 1 is 1.21 bits per heavy atom. The van der Waals surface area contributed by atoms with Crippen LogP contribution in [0.5, 0.6) is 0 Å². The molecule has 180 valence electrons. The van der Waals surface area contributed by atoms with E-state index in [-0.39, 0.29) is 24.5 Å². The molecule has 1 fully saturated rings. The third-order valence-corrected chi connectivity index (χ3v) is 6.27. The van der Waals surface area contributed by atoms with Gasteiger partial charge in [0.05, 0.1) is 11.6 Å². The molecule has 0 saturated carbocycles. The van der Waals surface area contributed by atoms with Crippen LogP contribution in [0.4, 0.5) is 0 Å². The van der Waals surface area contributed by atoms with Crippen molar-refractivity contribution in [1.29, 1.82) is 0 Å². The number of nitrogens with one attached hydrogen (secondary N) is 1. The summed E-state index contributed by atoms with van der Waals surface area (Å²) in [4.78, 5) is 28.6. The van der Waals surface area contributed by atoms with Crippen LogP contribution in [0.1, 0.15) is 43.7 Å². The monoisotopic (exact) mass is 463 g/mol. The predicted molar refractivity (Wildman–Crippen MR) is 130 cm³/mol. The second-order valence-corrected chi connectivity index (χ2v) is 8.93. The Balaban J connectivity index is 1.56. The maximum atomic E-state index is 13.6. The molecule has 2 atom stereocenters. The van der Waals surface area contributed by atoms with E-state index in [0.29, 0.717) is 19.5 Å². The van der Waals surface area contributed by atoms with Gasteiger partial charge in [-0.25, -0.2) is 4.68 Å². The fraction of sp³-hybridized carbons (Fsp3) is 0.462. The summed E-state index contributed by atoms with van der Waals surface area (Å²) >= 11 is 0. The molecule has 8 nitrogen and oxygen atoms in total. The molecule has 1 aromatic heterocycles. The number of benzene rings is 2. The van der Waals surface area contributed by atoms with Crippen LogP contribution in [0.3, 0.4) is 0 Å². The zero-order valence-corrected chi connectivity index (χ0v) is 19.9. The number of hydrogen-bond acceptors (Lipinski definition) is 5. The van der Waals surface area contributed by atoms with E-state index >= 15 is 0 Å². The Morgan fingerprint density at radius 3 is 2.74 bits per heavy atom. The number of hydrogen-bond donors (Lipinski definition) is 1. The van der Waals surface area contributed by atoms with Crippen LogP contribution in [0.2, 0.25) is 0 Å². The van der Waals surface area contributed by atoms with Crippen molar-refractivity contribution in [2.75, 3.05) is 13.2 Å². The van der Waals surface area contributed by atoms with E-state index in [1.807, 2.05) is 62.4 Å². The van der Waals surface area contributed by atoms with Crippen molar-refractivity contribution in [1.82, 2.24) is 25.2 Å². The molecule has 2 aromatic carbocycles. The maximum absolute atomic E-state index is 13.6. The quantitative estimate of drug-likeness (QED) is 0.499. The van der Waals surface area contributed by atoms with Crippen molar-refractivity contribution < 1.29 is 14.3 Å². The minimum Gasteiger partial charge on any atom is -0.376 e. The highest BCUT2D eigenvalue weighted by Crippen LogP contribution is 2.17. The Kier molecular flexibility index (Phi) is 7.90. The van der Waals surface area contributed by atoms with Gasteiger partial charge in [-0.2, -0.15) is 0 Å². The molecular formula is C26H33N5O3. The van der Waals surface area contributed by atoms with Crippen molar-refractivity contribution in [2.24, 2.45) is 0 Å². The van der Waals surface area contributed by atoms with Gasteiger partial charge in [-0.05, 0) is 43.9 Å². The lowest BCUT2D eigenvalue weighted by Crippen LogP contribution is -2.51. The summed E-state index contributed by atoms with van der Waals surface area (Å²) in [5, 5.41) is 11.4. The summed E-state index contributed by atoms with van der Waals surface area (Å²) < 4.78 is 7.26. The molecule has 1 N–H and O–H groups in total. The van der Waals surface area contributed by atoms with Crippen LogP contribution in [0.25, 0.3) is 11.0 Å². The van der Waals surface area contributed by atoms with E-state index in [9.17, 15) is 9.59 Å². The molecular weight excluding hydrogens is 430 g/mol. The minimum absolute atomic E-state index is 0.0194. The number of aryl methyl sites for hydroxylation is 1. The van der Waals surface area contributed by atoms with Crippen molar-refractivity contribution in [3.05, 3.63) is 59.7 Å². The first-order chi connectivity index (χ1) is 16.5. The highest BCUT2D eigenvalue weighted by atomic mass is 16.5. The summed E-state index contributed by atoms with van der Waals surface area (Å²) in [5.41, 5.74) is 3.66. The molecule has 1 aliphatic rings. The van der Waals surface area contributed by atoms with Gasteiger partial charge in [-0.1, -0.05) is 60.5 Å². The van der Waals surface area contributed by atoms with E-state index in [1.165, 1.54) is 0 Å². The lowest BCUT2D eigenvalue weighted by Gasteiger charge is -2.31. The minimum atomic E-state index is -0.574. The van der Waals surface area contributed by atoms with Gasteiger partial charge in [-0.15, -0.1) is 5.10 Å². The Hall–Kier alpha value is -3.26. The fourth-order valence-electron chi connectivity index (χ4n) is 4.35. The molecule has 34 heavy (non-hydrogen) atoms. The summed E-state index contributed by atoms with van der Waals surface area (Å²) in [6, 6.07) is 15.0. The van der Waals surface area contributed by atoms with Crippen LogP contribution < -0.4 is 5.32 Å². The Labute approximate surface area is 200 Å². The molecule has 2 amide bonds. The molecule has 0 spiro atoms. The van der Waals surface area contributed by atoms with E-state index in [0.717, 1.165) is 48.0 Å². The smallest absolute Gasteiger partial charge is 0.245 e. The number of fused-ring (bicyclic) bond motifs is 1. The number of amides is 2. The normalized spacial score (nSPS) is 16.5. The second kappa shape index (κ2) is 11.2.